The topological polar surface area (TPSA) is 43.8 Å². The number of benzene rings is 1. The Bertz CT molecular complexity index is 555. The molecule has 0 amide bonds. The van der Waals surface area contributed by atoms with Crippen LogP contribution in [0.25, 0.3) is 0 Å². The minimum absolute atomic E-state index is 0.0146. The van der Waals surface area contributed by atoms with E-state index in [1.54, 1.807) is 0 Å². The maximum Gasteiger partial charge on any atom is 0.0540 e. The van der Waals surface area contributed by atoms with Gasteiger partial charge in [0.15, 0.2) is 0 Å². The van der Waals surface area contributed by atoms with Gasteiger partial charge in [0.1, 0.15) is 0 Å². The van der Waals surface area contributed by atoms with Crippen LogP contribution in [0.3, 0.4) is 0 Å². The van der Waals surface area contributed by atoms with Crippen molar-refractivity contribution in [1.82, 2.24) is 9.78 Å². The summed E-state index contributed by atoms with van der Waals surface area (Å²) in [5, 5.41) is 4.25. The fourth-order valence-corrected chi connectivity index (χ4v) is 2.17. The number of hydrogen-bond donors (Lipinski definition) is 1. The Hall–Kier alpha value is -1.61. The zero-order valence-corrected chi connectivity index (χ0v) is 11.6. The van der Waals surface area contributed by atoms with E-state index in [2.05, 4.69) is 44.1 Å². The van der Waals surface area contributed by atoms with Crippen LogP contribution in [0.5, 0.6) is 0 Å². The molecule has 0 spiro atoms. The van der Waals surface area contributed by atoms with Crippen LogP contribution in [0, 0.1) is 20.8 Å². The Labute approximate surface area is 109 Å². The normalized spacial score (nSPS) is 12.7. The maximum absolute atomic E-state index is 6.28. The minimum Gasteiger partial charge on any atom is -0.324 e. The maximum atomic E-state index is 6.28. The Morgan fingerprint density at radius 3 is 2.50 bits per heavy atom. The number of aryl methyl sites for hydroxylation is 3. The number of nitrogens with zero attached hydrogens (tertiary/aromatic N) is 2. The number of nitrogens with two attached hydrogens (primary N) is 1. The fourth-order valence-electron chi connectivity index (χ4n) is 2.17. The third-order valence-electron chi connectivity index (χ3n) is 3.70. The summed E-state index contributed by atoms with van der Waals surface area (Å²) in [6.45, 7) is 6.33. The SMILES string of the molecule is Cc1ccc(CC(N)c2cnn(C)c2C)cc1C. The molecule has 0 aliphatic rings. The van der Waals surface area contributed by atoms with Crippen LogP contribution in [-0.2, 0) is 13.5 Å². The molecule has 0 bridgehead atoms. The molecule has 2 N–H and O–H groups in total. The first-order chi connectivity index (χ1) is 8.49. The first kappa shape index (κ1) is 12.8. The summed E-state index contributed by atoms with van der Waals surface area (Å²) in [7, 11) is 1.95. The Morgan fingerprint density at radius 1 is 1.22 bits per heavy atom. The third kappa shape index (κ3) is 2.46. The van der Waals surface area contributed by atoms with Gasteiger partial charge in [-0.25, -0.2) is 0 Å². The molecule has 18 heavy (non-hydrogen) atoms. The molecule has 96 valence electrons. The smallest absolute Gasteiger partial charge is 0.0540 e. The molecule has 0 fully saturated rings. The third-order valence-corrected chi connectivity index (χ3v) is 3.70. The summed E-state index contributed by atoms with van der Waals surface area (Å²) >= 11 is 0. The van der Waals surface area contributed by atoms with E-state index in [-0.39, 0.29) is 6.04 Å². The summed E-state index contributed by atoms with van der Waals surface area (Å²) in [6, 6.07) is 6.56. The molecule has 1 atom stereocenters. The molecule has 2 rings (SSSR count). The first-order valence-corrected chi connectivity index (χ1v) is 6.29. The number of aromatic nitrogens is 2. The van der Waals surface area contributed by atoms with Gasteiger partial charge in [0.05, 0.1) is 6.20 Å². The molecule has 3 nitrogen and oxygen atoms in total. The molecule has 0 radical (unpaired) electrons. The second-order valence-corrected chi connectivity index (χ2v) is 5.04. The quantitative estimate of drug-likeness (QED) is 0.900. The average molecular weight is 243 g/mol. The zero-order valence-electron chi connectivity index (χ0n) is 11.6. The molecule has 1 aromatic heterocycles. The van der Waals surface area contributed by atoms with Gasteiger partial charge in [0.2, 0.25) is 0 Å². The van der Waals surface area contributed by atoms with Crippen molar-refractivity contribution in [3.8, 4) is 0 Å². The lowest BCUT2D eigenvalue weighted by Gasteiger charge is -2.12. The first-order valence-electron chi connectivity index (χ1n) is 6.29. The monoisotopic (exact) mass is 243 g/mol. The van der Waals surface area contributed by atoms with Crippen LogP contribution in [0.1, 0.15) is 34.0 Å². The lowest BCUT2D eigenvalue weighted by molar-refractivity contribution is 0.700. The largest absolute Gasteiger partial charge is 0.324 e. The van der Waals surface area contributed by atoms with E-state index in [0.717, 1.165) is 17.7 Å². The summed E-state index contributed by atoms with van der Waals surface area (Å²) in [6.07, 6.45) is 2.73. The van der Waals surface area contributed by atoms with Gasteiger partial charge >= 0.3 is 0 Å². The van der Waals surface area contributed by atoms with Crippen molar-refractivity contribution in [3.63, 3.8) is 0 Å². The van der Waals surface area contributed by atoms with Crippen LogP contribution >= 0.6 is 0 Å². The van der Waals surface area contributed by atoms with E-state index in [1.807, 2.05) is 17.9 Å². The molecular weight excluding hydrogens is 222 g/mol. The van der Waals surface area contributed by atoms with Gasteiger partial charge in [-0.15, -0.1) is 0 Å². The highest BCUT2D eigenvalue weighted by Gasteiger charge is 2.13. The predicted octanol–water partition coefficient (Wildman–Crippen LogP) is 2.59. The molecule has 1 aromatic carbocycles. The molecule has 0 saturated carbocycles. The minimum atomic E-state index is 0.0146. The summed E-state index contributed by atoms with van der Waals surface area (Å²) in [5.41, 5.74) is 12.5. The number of hydrogen-bond acceptors (Lipinski definition) is 2. The van der Waals surface area contributed by atoms with Gasteiger partial charge in [0, 0.05) is 24.3 Å². The molecule has 0 saturated heterocycles. The van der Waals surface area contributed by atoms with Crippen molar-refractivity contribution < 1.29 is 0 Å². The molecule has 2 aromatic rings. The van der Waals surface area contributed by atoms with Crippen LogP contribution in [0.15, 0.2) is 24.4 Å². The van der Waals surface area contributed by atoms with E-state index in [1.165, 1.54) is 16.7 Å². The predicted molar refractivity (Wildman–Crippen MR) is 74.5 cm³/mol. The van der Waals surface area contributed by atoms with E-state index in [9.17, 15) is 0 Å². The molecule has 1 unspecified atom stereocenters. The van der Waals surface area contributed by atoms with Crippen LogP contribution < -0.4 is 5.73 Å². The lowest BCUT2D eigenvalue weighted by atomic mass is 9.97. The Balaban J connectivity index is 2.18. The van der Waals surface area contributed by atoms with Crippen LogP contribution in [-0.4, -0.2) is 9.78 Å². The van der Waals surface area contributed by atoms with Crippen LogP contribution in [0.4, 0.5) is 0 Å². The van der Waals surface area contributed by atoms with Gasteiger partial charge in [-0.05, 0) is 43.9 Å². The van der Waals surface area contributed by atoms with Gasteiger partial charge in [-0.3, -0.25) is 4.68 Å². The van der Waals surface area contributed by atoms with E-state index in [0.29, 0.717) is 0 Å². The highest BCUT2D eigenvalue weighted by molar-refractivity contribution is 5.31. The van der Waals surface area contributed by atoms with Crippen molar-refractivity contribution in [3.05, 3.63) is 52.3 Å². The highest BCUT2D eigenvalue weighted by Crippen LogP contribution is 2.20. The average Bonchev–Trinajstić information content (AvgIpc) is 2.65. The zero-order chi connectivity index (χ0) is 13.3. The van der Waals surface area contributed by atoms with Gasteiger partial charge < -0.3 is 5.73 Å². The second kappa shape index (κ2) is 4.94. The molecule has 3 heteroatoms. The van der Waals surface area contributed by atoms with Gasteiger partial charge in [0.25, 0.3) is 0 Å². The molecule has 1 heterocycles. The second-order valence-electron chi connectivity index (χ2n) is 5.04. The van der Waals surface area contributed by atoms with Crippen LogP contribution in [0.2, 0.25) is 0 Å². The standard InChI is InChI=1S/C15H21N3/c1-10-5-6-13(7-11(10)2)8-15(16)14-9-17-18(4)12(14)3/h5-7,9,15H,8,16H2,1-4H3. The van der Waals surface area contributed by atoms with Crippen molar-refractivity contribution in [2.24, 2.45) is 12.8 Å². The molecular formula is C15H21N3. The van der Waals surface area contributed by atoms with Gasteiger partial charge in [-0.1, -0.05) is 18.2 Å². The van der Waals surface area contributed by atoms with Crippen molar-refractivity contribution >= 4 is 0 Å². The lowest BCUT2D eigenvalue weighted by Crippen LogP contribution is -2.14. The fraction of sp³-hybridized carbons (Fsp3) is 0.400. The molecule has 0 aliphatic heterocycles. The Morgan fingerprint density at radius 2 is 1.94 bits per heavy atom. The summed E-state index contributed by atoms with van der Waals surface area (Å²) in [5.74, 6) is 0. The van der Waals surface area contributed by atoms with Crippen molar-refractivity contribution in [1.29, 1.82) is 0 Å². The summed E-state index contributed by atoms with van der Waals surface area (Å²) < 4.78 is 1.87. The summed E-state index contributed by atoms with van der Waals surface area (Å²) in [4.78, 5) is 0. The van der Waals surface area contributed by atoms with E-state index >= 15 is 0 Å². The van der Waals surface area contributed by atoms with E-state index in [4.69, 9.17) is 5.73 Å². The van der Waals surface area contributed by atoms with E-state index < -0.39 is 0 Å². The highest BCUT2D eigenvalue weighted by atomic mass is 15.3. The molecule has 0 aliphatic carbocycles. The van der Waals surface area contributed by atoms with Gasteiger partial charge in [-0.2, -0.15) is 5.10 Å². The van der Waals surface area contributed by atoms with Crippen molar-refractivity contribution in [2.75, 3.05) is 0 Å². The number of rotatable bonds is 3. The Kier molecular flexibility index (Phi) is 3.53. The van der Waals surface area contributed by atoms with Crippen molar-refractivity contribution in [2.45, 2.75) is 33.2 Å².